The maximum atomic E-state index is 4.41. The van der Waals surface area contributed by atoms with Crippen molar-refractivity contribution in [2.24, 2.45) is 0 Å². The summed E-state index contributed by atoms with van der Waals surface area (Å²) in [7, 11) is 0. The van der Waals surface area contributed by atoms with E-state index in [1.165, 1.54) is 47.0 Å². The van der Waals surface area contributed by atoms with Crippen LogP contribution < -0.4 is 5.32 Å². The molecule has 1 aromatic carbocycles. The van der Waals surface area contributed by atoms with Gasteiger partial charge in [-0.3, -0.25) is 9.38 Å². The van der Waals surface area contributed by atoms with Crippen LogP contribution in [0.5, 0.6) is 0 Å². The fraction of sp³-hybridized carbons (Fsp3) is 0.333. The number of imidazole rings is 1. The van der Waals surface area contributed by atoms with E-state index in [4.69, 9.17) is 0 Å². The Morgan fingerprint density at radius 1 is 1.26 bits per heavy atom. The number of benzene rings is 1. The molecule has 1 N–H and O–H groups in total. The molecule has 23 heavy (non-hydrogen) atoms. The van der Waals surface area contributed by atoms with Crippen LogP contribution in [0.1, 0.15) is 42.1 Å². The van der Waals surface area contributed by atoms with Gasteiger partial charge in [0.25, 0.3) is 0 Å². The number of nitrogens with zero attached hydrogens (tertiary/aromatic N) is 3. The van der Waals surface area contributed by atoms with E-state index in [1.807, 2.05) is 12.4 Å². The minimum absolute atomic E-state index is 0.410. The molecule has 0 radical (unpaired) electrons. The molecule has 118 valence electrons. The van der Waals surface area contributed by atoms with Gasteiger partial charge in [0.1, 0.15) is 0 Å². The number of hydrogen-bond acceptors (Lipinski definition) is 3. The highest BCUT2D eigenvalue weighted by Gasteiger charge is 2.18. The monoisotopic (exact) mass is 370 g/mol. The highest BCUT2D eigenvalue weighted by molar-refractivity contribution is 9.10. The molecule has 2 aromatic heterocycles. The first kappa shape index (κ1) is 14.8. The van der Waals surface area contributed by atoms with Gasteiger partial charge in [0.15, 0.2) is 5.65 Å². The molecule has 0 saturated carbocycles. The SMILES string of the molecule is Brc1ccc2c(c1)CCCCC2NCc1cnc2cnccn12. The fourth-order valence-corrected chi connectivity index (χ4v) is 3.82. The quantitative estimate of drug-likeness (QED) is 0.707. The van der Waals surface area contributed by atoms with E-state index in [1.54, 1.807) is 12.4 Å². The second kappa shape index (κ2) is 6.42. The van der Waals surface area contributed by atoms with Gasteiger partial charge >= 0.3 is 0 Å². The number of aromatic nitrogens is 3. The Morgan fingerprint density at radius 3 is 3.17 bits per heavy atom. The van der Waals surface area contributed by atoms with Crippen molar-refractivity contribution >= 4 is 21.6 Å². The standard InChI is InChI=1S/C18H19BrN4/c19-14-5-6-16-13(9-14)3-1-2-4-17(16)21-10-15-11-22-18-12-20-7-8-23(15)18/h5-9,11-12,17,21H,1-4,10H2. The molecule has 1 aliphatic carbocycles. The molecule has 5 heteroatoms. The summed E-state index contributed by atoms with van der Waals surface area (Å²) in [4.78, 5) is 8.53. The summed E-state index contributed by atoms with van der Waals surface area (Å²) in [5, 5.41) is 3.74. The first-order valence-electron chi connectivity index (χ1n) is 8.09. The number of fused-ring (bicyclic) bond motifs is 2. The van der Waals surface area contributed by atoms with Crippen molar-refractivity contribution in [2.45, 2.75) is 38.3 Å². The molecule has 4 rings (SSSR count). The lowest BCUT2D eigenvalue weighted by molar-refractivity contribution is 0.484. The lowest BCUT2D eigenvalue weighted by Crippen LogP contribution is -2.22. The van der Waals surface area contributed by atoms with Gasteiger partial charge in [-0.2, -0.15) is 0 Å². The van der Waals surface area contributed by atoms with Crippen molar-refractivity contribution in [1.29, 1.82) is 0 Å². The van der Waals surface area contributed by atoms with E-state index in [2.05, 4.69) is 53.8 Å². The number of hydrogen-bond donors (Lipinski definition) is 1. The van der Waals surface area contributed by atoms with E-state index in [0.29, 0.717) is 6.04 Å². The zero-order valence-corrected chi connectivity index (χ0v) is 14.5. The van der Waals surface area contributed by atoms with Gasteiger partial charge in [-0.1, -0.05) is 28.4 Å². The molecule has 2 heterocycles. The molecule has 1 aliphatic rings. The number of nitrogens with one attached hydrogen (secondary N) is 1. The smallest absolute Gasteiger partial charge is 0.155 e. The Kier molecular flexibility index (Phi) is 4.14. The molecule has 0 aliphatic heterocycles. The van der Waals surface area contributed by atoms with Gasteiger partial charge in [0.05, 0.1) is 18.1 Å². The third-order valence-electron chi connectivity index (χ3n) is 4.59. The summed E-state index contributed by atoms with van der Waals surface area (Å²) >= 11 is 3.60. The summed E-state index contributed by atoms with van der Waals surface area (Å²) in [6.45, 7) is 0.811. The summed E-state index contributed by atoms with van der Waals surface area (Å²) in [6.07, 6.45) is 12.4. The molecule has 0 fully saturated rings. The van der Waals surface area contributed by atoms with Crippen LogP contribution in [-0.4, -0.2) is 14.4 Å². The average Bonchev–Trinajstić information content (AvgIpc) is 2.87. The minimum Gasteiger partial charge on any atom is -0.304 e. The van der Waals surface area contributed by atoms with E-state index >= 15 is 0 Å². The first-order chi connectivity index (χ1) is 11.3. The van der Waals surface area contributed by atoms with E-state index < -0.39 is 0 Å². The van der Waals surface area contributed by atoms with Crippen molar-refractivity contribution in [2.75, 3.05) is 0 Å². The van der Waals surface area contributed by atoms with Crippen LogP contribution in [0.3, 0.4) is 0 Å². The van der Waals surface area contributed by atoms with Crippen LogP contribution in [0.2, 0.25) is 0 Å². The van der Waals surface area contributed by atoms with Crippen molar-refractivity contribution in [3.05, 3.63) is 64.3 Å². The van der Waals surface area contributed by atoms with Gasteiger partial charge in [0.2, 0.25) is 0 Å². The van der Waals surface area contributed by atoms with Crippen LogP contribution in [-0.2, 0) is 13.0 Å². The van der Waals surface area contributed by atoms with Crippen molar-refractivity contribution in [3.8, 4) is 0 Å². The summed E-state index contributed by atoms with van der Waals surface area (Å²) in [5.74, 6) is 0. The second-order valence-corrected chi connectivity index (χ2v) is 6.99. The molecule has 0 amide bonds. The van der Waals surface area contributed by atoms with Crippen molar-refractivity contribution < 1.29 is 0 Å². The highest BCUT2D eigenvalue weighted by atomic mass is 79.9. The Morgan fingerprint density at radius 2 is 2.22 bits per heavy atom. The molecule has 0 spiro atoms. The van der Waals surface area contributed by atoms with Crippen LogP contribution in [0.15, 0.2) is 47.5 Å². The van der Waals surface area contributed by atoms with Gasteiger partial charge < -0.3 is 5.32 Å². The maximum Gasteiger partial charge on any atom is 0.155 e. The van der Waals surface area contributed by atoms with E-state index in [-0.39, 0.29) is 0 Å². The third-order valence-corrected chi connectivity index (χ3v) is 5.09. The zero-order valence-electron chi connectivity index (χ0n) is 12.9. The van der Waals surface area contributed by atoms with Gasteiger partial charge in [-0.15, -0.1) is 0 Å². The fourth-order valence-electron chi connectivity index (χ4n) is 3.42. The van der Waals surface area contributed by atoms with Crippen LogP contribution in [0, 0.1) is 0 Å². The van der Waals surface area contributed by atoms with Gasteiger partial charge in [0, 0.05) is 29.5 Å². The summed E-state index contributed by atoms with van der Waals surface area (Å²) in [5.41, 5.74) is 4.98. The van der Waals surface area contributed by atoms with E-state index in [0.717, 1.165) is 12.2 Å². The molecular formula is C18H19BrN4. The average molecular weight is 371 g/mol. The van der Waals surface area contributed by atoms with E-state index in [9.17, 15) is 0 Å². The minimum atomic E-state index is 0.410. The second-order valence-electron chi connectivity index (χ2n) is 6.08. The largest absolute Gasteiger partial charge is 0.304 e. The van der Waals surface area contributed by atoms with Crippen molar-refractivity contribution in [3.63, 3.8) is 0 Å². The Labute approximate surface area is 144 Å². The summed E-state index contributed by atoms with van der Waals surface area (Å²) in [6, 6.07) is 7.10. The molecule has 0 saturated heterocycles. The molecule has 0 bridgehead atoms. The Balaban J connectivity index is 1.57. The number of halogens is 1. The predicted octanol–water partition coefficient (Wildman–Crippen LogP) is 4.05. The lowest BCUT2D eigenvalue weighted by Gasteiger charge is -2.19. The third kappa shape index (κ3) is 3.03. The molecule has 1 atom stereocenters. The van der Waals surface area contributed by atoms with Crippen LogP contribution in [0.4, 0.5) is 0 Å². The molecule has 4 nitrogen and oxygen atoms in total. The lowest BCUT2D eigenvalue weighted by atomic mass is 9.99. The van der Waals surface area contributed by atoms with Gasteiger partial charge in [-0.25, -0.2) is 4.98 Å². The Hall–Kier alpha value is -1.72. The molecule has 3 aromatic rings. The normalized spacial score (nSPS) is 17.9. The zero-order chi connectivity index (χ0) is 15.6. The highest BCUT2D eigenvalue weighted by Crippen LogP contribution is 2.30. The molecule has 1 unspecified atom stereocenters. The maximum absolute atomic E-state index is 4.41. The van der Waals surface area contributed by atoms with Crippen molar-refractivity contribution in [1.82, 2.24) is 19.7 Å². The summed E-state index contributed by atoms with van der Waals surface area (Å²) < 4.78 is 3.27. The van der Waals surface area contributed by atoms with Gasteiger partial charge in [-0.05, 0) is 42.5 Å². The first-order valence-corrected chi connectivity index (χ1v) is 8.88. The topological polar surface area (TPSA) is 42.2 Å². The van der Waals surface area contributed by atoms with Crippen LogP contribution in [0.25, 0.3) is 5.65 Å². The number of rotatable bonds is 3. The molecular weight excluding hydrogens is 352 g/mol. The number of aryl methyl sites for hydroxylation is 1. The predicted molar refractivity (Wildman–Crippen MR) is 94.3 cm³/mol. The van der Waals surface area contributed by atoms with Crippen LogP contribution >= 0.6 is 15.9 Å². The Bertz CT molecular complexity index is 827.